The number of benzene rings is 2. The zero-order valence-corrected chi connectivity index (χ0v) is 21.5. The molecule has 0 spiro atoms. The van der Waals surface area contributed by atoms with Crippen LogP contribution in [0.3, 0.4) is 0 Å². The van der Waals surface area contributed by atoms with Crippen LogP contribution in [0, 0.1) is 6.92 Å². The van der Waals surface area contributed by atoms with Crippen molar-refractivity contribution in [3.8, 4) is 10.6 Å². The molecule has 3 heterocycles. The number of nitrogens with zero attached hydrogens (tertiary/aromatic N) is 3. The van der Waals surface area contributed by atoms with Crippen molar-refractivity contribution < 1.29 is 9.59 Å². The van der Waals surface area contributed by atoms with Crippen LogP contribution >= 0.6 is 23.1 Å². The highest BCUT2D eigenvalue weighted by molar-refractivity contribution is 7.98. The molecule has 2 aromatic carbocycles. The first kappa shape index (κ1) is 23.4. The molecule has 1 atom stereocenters. The predicted molar refractivity (Wildman–Crippen MR) is 142 cm³/mol. The lowest BCUT2D eigenvalue weighted by molar-refractivity contribution is -0.126. The first-order chi connectivity index (χ1) is 16.9. The van der Waals surface area contributed by atoms with Crippen molar-refractivity contribution in [3.63, 3.8) is 0 Å². The summed E-state index contributed by atoms with van der Waals surface area (Å²) in [5.41, 5.74) is 2.92. The molecule has 178 valence electrons. The van der Waals surface area contributed by atoms with Gasteiger partial charge in [0.2, 0.25) is 5.91 Å². The van der Waals surface area contributed by atoms with Crippen LogP contribution in [0.15, 0.2) is 77.0 Å². The highest BCUT2D eigenvalue weighted by Crippen LogP contribution is 2.36. The van der Waals surface area contributed by atoms with E-state index in [0.717, 1.165) is 26.6 Å². The SMILES string of the molecule is CSc1cccc(N2C(=O)c3cc(-c4cccs4)nn3CC2(C)C(=O)NCc2ccc(C)cc2)c1. The number of rotatable bonds is 6. The summed E-state index contributed by atoms with van der Waals surface area (Å²) in [7, 11) is 0. The Morgan fingerprint density at radius 1 is 1.14 bits per heavy atom. The molecule has 4 aromatic rings. The van der Waals surface area contributed by atoms with Crippen molar-refractivity contribution in [3.05, 3.63) is 88.9 Å². The molecule has 1 unspecified atom stereocenters. The molecular weight excluding hydrogens is 476 g/mol. The molecule has 1 aliphatic rings. The van der Waals surface area contributed by atoms with Gasteiger partial charge in [-0.2, -0.15) is 5.10 Å². The van der Waals surface area contributed by atoms with Crippen LogP contribution in [0.2, 0.25) is 0 Å². The summed E-state index contributed by atoms with van der Waals surface area (Å²) in [6, 6.07) is 21.6. The first-order valence-corrected chi connectivity index (χ1v) is 13.4. The van der Waals surface area contributed by atoms with E-state index in [1.807, 2.05) is 92.2 Å². The lowest BCUT2D eigenvalue weighted by atomic mass is 9.93. The smallest absolute Gasteiger partial charge is 0.277 e. The van der Waals surface area contributed by atoms with Gasteiger partial charge in [-0.1, -0.05) is 42.0 Å². The average Bonchev–Trinajstić information content (AvgIpc) is 3.54. The standard InChI is InChI=1S/C27H26N4O2S2/c1-18-9-11-19(12-10-18)16-28-26(33)27(2)17-30-23(15-22(29-30)24-8-5-13-35-24)25(32)31(27)20-6-4-7-21(14-20)34-3/h4-15H,16-17H2,1-3H3,(H,28,33). The van der Waals surface area contributed by atoms with Gasteiger partial charge in [-0.3, -0.25) is 19.2 Å². The number of anilines is 1. The number of nitrogens with one attached hydrogen (secondary N) is 1. The van der Waals surface area contributed by atoms with Gasteiger partial charge < -0.3 is 5.32 Å². The quantitative estimate of drug-likeness (QED) is 0.360. The second-order valence-electron chi connectivity index (χ2n) is 8.83. The van der Waals surface area contributed by atoms with Crippen LogP contribution in [0.25, 0.3) is 10.6 Å². The number of hydrogen-bond acceptors (Lipinski definition) is 5. The number of thioether (sulfide) groups is 1. The number of thiophene rings is 1. The van der Waals surface area contributed by atoms with Gasteiger partial charge in [-0.05, 0) is 61.4 Å². The molecule has 8 heteroatoms. The van der Waals surface area contributed by atoms with Gasteiger partial charge in [0.25, 0.3) is 5.91 Å². The van der Waals surface area contributed by atoms with Crippen molar-refractivity contribution in [2.45, 2.75) is 37.4 Å². The van der Waals surface area contributed by atoms with Crippen molar-refractivity contribution >= 4 is 40.6 Å². The second kappa shape index (κ2) is 9.36. The highest BCUT2D eigenvalue weighted by atomic mass is 32.2. The summed E-state index contributed by atoms with van der Waals surface area (Å²) in [4.78, 5) is 31.3. The average molecular weight is 503 g/mol. The van der Waals surface area contributed by atoms with E-state index in [0.29, 0.717) is 17.9 Å². The summed E-state index contributed by atoms with van der Waals surface area (Å²) in [5.74, 6) is -0.461. The molecule has 0 bridgehead atoms. The molecular formula is C27H26N4O2S2. The van der Waals surface area contributed by atoms with Gasteiger partial charge in [0.05, 0.1) is 11.4 Å². The highest BCUT2D eigenvalue weighted by Gasteiger charge is 2.49. The molecule has 2 amide bonds. The molecule has 1 N–H and O–H groups in total. The lowest BCUT2D eigenvalue weighted by Gasteiger charge is -2.43. The Kier molecular flexibility index (Phi) is 6.25. The van der Waals surface area contributed by atoms with Gasteiger partial charge in [-0.15, -0.1) is 23.1 Å². The van der Waals surface area contributed by atoms with Gasteiger partial charge in [0, 0.05) is 17.1 Å². The summed E-state index contributed by atoms with van der Waals surface area (Å²) in [6.45, 7) is 4.48. The lowest BCUT2D eigenvalue weighted by Crippen LogP contribution is -2.64. The van der Waals surface area contributed by atoms with E-state index in [1.54, 1.807) is 32.7 Å². The molecule has 2 aromatic heterocycles. The Morgan fingerprint density at radius 3 is 2.66 bits per heavy atom. The van der Waals surface area contributed by atoms with Crippen LogP contribution < -0.4 is 10.2 Å². The van der Waals surface area contributed by atoms with Crippen LogP contribution in [0.5, 0.6) is 0 Å². The summed E-state index contributed by atoms with van der Waals surface area (Å²) in [6.07, 6.45) is 1.99. The van der Waals surface area contributed by atoms with Crippen molar-refractivity contribution in [2.24, 2.45) is 0 Å². The fraction of sp³-hybridized carbons (Fsp3) is 0.222. The Labute approximate surface area is 213 Å². The minimum absolute atomic E-state index is 0.222. The third-order valence-corrected chi connectivity index (χ3v) is 7.92. The molecule has 0 saturated carbocycles. The topological polar surface area (TPSA) is 67.2 Å². The monoisotopic (exact) mass is 502 g/mol. The fourth-order valence-corrected chi connectivity index (χ4v) is 5.49. The van der Waals surface area contributed by atoms with Gasteiger partial charge in [-0.25, -0.2) is 0 Å². The minimum Gasteiger partial charge on any atom is -0.350 e. The van der Waals surface area contributed by atoms with Gasteiger partial charge in [0.15, 0.2) is 0 Å². The van der Waals surface area contributed by atoms with E-state index in [2.05, 4.69) is 5.32 Å². The van der Waals surface area contributed by atoms with Gasteiger partial charge >= 0.3 is 0 Å². The molecule has 35 heavy (non-hydrogen) atoms. The Bertz CT molecular complexity index is 1380. The van der Waals surface area contributed by atoms with Crippen molar-refractivity contribution in [1.82, 2.24) is 15.1 Å². The molecule has 0 fully saturated rings. The second-order valence-corrected chi connectivity index (χ2v) is 10.7. The van der Waals surface area contributed by atoms with Crippen molar-refractivity contribution in [2.75, 3.05) is 11.2 Å². The zero-order valence-electron chi connectivity index (χ0n) is 19.8. The van der Waals surface area contributed by atoms with Crippen LogP contribution in [0.4, 0.5) is 5.69 Å². The fourth-order valence-electron chi connectivity index (χ4n) is 4.36. The van der Waals surface area contributed by atoms with Crippen LogP contribution in [-0.4, -0.2) is 33.4 Å². The maximum Gasteiger partial charge on any atom is 0.277 e. The molecule has 1 aliphatic heterocycles. The number of carbonyl (C=O) groups excluding carboxylic acids is 2. The molecule has 0 aliphatic carbocycles. The van der Waals surface area contributed by atoms with E-state index in [4.69, 9.17) is 5.10 Å². The zero-order chi connectivity index (χ0) is 24.6. The van der Waals surface area contributed by atoms with E-state index >= 15 is 0 Å². The number of carbonyl (C=O) groups is 2. The molecule has 6 nitrogen and oxygen atoms in total. The predicted octanol–water partition coefficient (Wildman–Crippen LogP) is 5.38. The Balaban J connectivity index is 1.53. The van der Waals surface area contributed by atoms with Gasteiger partial charge in [0.1, 0.15) is 16.9 Å². The third kappa shape index (κ3) is 4.39. The largest absolute Gasteiger partial charge is 0.350 e. The third-order valence-electron chi connectivity index (χ3n) is 6.30. The van der Waals surface area contributed by atoms with E-state index in [1.165, 1.54) is 0 Å². The van der Waals surface area contributed by atoms with E-state index in [9.17, 15) is 9.59 Å². The first-order valence-electron chi connectivity index (χ1n) is 11.3. The van der Waals surface area contributed by atoms with Crippen LogP contribution in [0.1, 0.15) is 28.5 Å². The molecule has 0 radical (unpaired) electrons. The van der Waals surface area contributed by atoms with E-state index < -0.39 is 5.54 Å². The van der Waals surface area contributed by atoms with Crippen molar-refractivity contribution in [1.29, 1.82) is 0 Å². The number of fused-ring (bicyclic) bond motifs is 1. The minimum atomic E-state index is -1.16. The van der Waals surface area contributed by atoms with Crippen LogP contribution in [-0.2, 0) is 17.9 Å². The summed E-state index contributed by atoms with van der Waals surface area (Å²) < 4.78 is 1.68. The summed E-state index contributed by atoms with van der Waals surface area (Å²) >= 11 is 3.17. The normalized spacial score (nSPS) is 17.3. The number of aromatic nitrogens is 2. The molecule has 0 saturated heterocycles. The molecule has 5 rings (SSSR count). The number of aryl methyl sites for hydroxylation is 1. The maximum atomic E-state index is 13.9. The number of amides is 2. The Hall–Kier alpha value is -3.36. The number of hydrogen-bond donors (Lipinski definition) is 1. The van der Waals surface area contributed by atoms with E-state index in [-0.39, 0.29) is 18.4 Å². The Morgan fingerprint density at radius 2 is 1.94 bits per heavy atom. The summed E-state index contributed by atoms with van der Waals surface area (Å²) in [5, 5.41) is 9.76. The maximum absolute atomic E-state index is 13.9.